The molecule has 2 heterocycles. The zero-order valence-corrected chi connectivity index (χ0v) is 11.9. The zero-order valence-electron chi connectivity index (χ0n) is 11.9. The molecule has 1 fully saturated rings. The molecule has 108 valence electrons. The average molecular weight is 274 g/mol. The van der Waals surface area contributed by atoms with E-state index < -0.39 is 0 Å². The Bertz CT molecular complexity index is 501. The van der Waals surface area contributed by atoms with Gasteiger partial charge in [0.15, 0.2) is 0 Å². The van der Waals surface area contributed by atoms with Gasteiger partial charge in [0.1, 0.15) is 0 Å². The zero-order chi connectivity index (χ0) is 13.9. The smallest absolute Gasteiger partial charge is 0.251 e. The molecule has 0 radical (unpaired) electrons. The third-order valence-corrected chi connectivity index (χ3v) is 4.16. The first-order valence-electron chi connectivity index (χ1n) is 7.52. The fourth-order valence-electron chi connectivity index (χ4n) is 3.12. The van der Waals surface area contributed by atoms with Crippen LogP contribution in [0.4, 0.5) is 5.69 Å². The summed E-state index contributed by atoms with van der Waals surface area (Å²) in [5.41, 5.74) is 3.11. The van der Waals surface area contributed by atoms with Crippen molar-refractivity contribution in [3.8, 4) is 0 Å². The van der Waals surface area contributed by atoms with E-state index in [-0.39, 0.29) is 18.1 Å². The van der Waals surface area contributed by atoms with Gasteiger partial charge in [-0.05, 0) is 50.3 Å². The molecule has 0 aromatic heterocycles. The SMILES string of the molecule is CC1CC(NC(=O)c2cccc3c2CCCN3)CCO1. The van der Waals surface area contributed by atoms with Gasteiger partial charge in [-0.25, -0.2) is 0 Å². The Morgan fingerprint density at radius 1 is 1.45 bits per heavy atom. The van der Waals surface area contributed by atoms with Crippen LogP contribution in [0.1, 0.15) is 42.1 Å². The van der Waals surface area contributed by atoms with Crippen LogP contribution in [0.15, 0.2) is 18.2 Å². The number of hydrogen-bond donors (Lipinski definition) is 2. The molecule has 1 saturated heterocycles. The fourth-order valence-corrected chi connectivity index (χ4v) is 3.12. The molecule has 1 aromatic carbocycles. The molecule has 0 spiro atoms. The van der Waals surface area contributed by atoms with Crippen molar-refractivity contribution in [3.05, 3.63) is 29.3 Å². The lowest BCUT2D eigenvalue weighted by Gasteiger charge is -2.28. The first-order valence-corrected chi connectivity index (χ1v) is 7.52. The van der Waals surface area contributed by atoms with Gasteiger partial charge in [0, 0.05) is 30.4 Å². The molecule has 1 amide bonds. The van der Waals surface area contributed by atoms with Gasteiger partial charge in [-0.3, -0.25) is 4.79 Å². The number of rotatable bonds is 2. The number of benzene rings is 1. The summed E-state index contributed by atoms with van der Waals surface area (Å²) in [6.45, 7) is 3.79. The normalized spacial score (nSPS) is 25.4. The first-order chi connectivity index (χ1) is 9.74. The van der Waals surface area contributed by atoms with Crippen LogP contribution in [0.3, 0.4) is 0 Å². The Hall–Kier alpha value is -1.55. The lowest BCUT2D eigenvalue weighted by atomic mass is 9.96. The van der Waals surface area contributed by atoms with Gasteiger partial charge in [0.25, 0.3) is 5.91 Å². The number of amides is 1. The summed E-state index contributed by atoms with van der Waals surface area (Å²) in [6.07, 6.45) is 4.12. The minimum Gasteiger partial charge on any atom is -0.385 e. The summed E-state index contributed by atoms with van der Waals surface area (Å²) in [6, 6.07) is 6.18. The number of ether oxygens (including phenoxy) is 1. The number of carbonyl (C=O) groups is 1. The number of anilines is 1. The van der Waals surface area contributed by atoms with Gasteiger partial charge in [-0.1, -0.05) is 6.07 Å². The molecule has 3 rings (SSSR count). The summed E-state index contributed by atoms with van der Waals surface area (Å²) >= 11 is 0. The monoisotopic (exact) mass is 274 g/mol. The Morgan fingerprint density at radius 3 is 3.20 bits per heavy atom. The van der Waals surface area contributed by atoms with Crippen LogP contribution in [-0.2, 0) is 11.2 Å². The topological polar surface area (TPSA) is 50.4 Å². The first kappa shape index (κ1) is 13.4. The van der Waals surface area contributed by atoms with Crippen molar-refractivity contribution in [2.45, 2.75) is 44.8 Å². The van der Waals surface area contributed by atoms with Crippen molar-refractivity contribution in [2.75, 3.05) is 18.5 Å². The van der Waals surface area contributed by atoms with Crippen LogP contribution in [0.25, 0.3) is 0 Å². The van der Waals surface area contributed by atoms with Crippen molar-refractivity contribution >= 4 is 11.6 Å². The van der Waals surface area contributed by atoms with Crippen molar-refractivity contribution in [1.82, 2.24) is 5.32 Å². The molecule has 2 aliphatic heterocycles. The maximum absolute atomic E-state index is 12.5. The number of hydrogen-bond acceptors (Lipinski definition) is 3. The van der Waals surface area contributed by atoms with Crippen molar-refractivity contribution in [2.24, 2.45) is 0 Å². The van der Waals surface area contributed by atoms with E-state index in [1.54, 1.807) is 0 Å². The highest BCUT2D eigenvalue weighted by atomic mass is 16.5. The van der Waals surface area contributed by atoms with Crippen molar-refractivity contribution < 1.29 is 9.53 Å². The highest BCUT2D eigenvalue weighted by Crippen LogP contribution is 2.25. The van der Waals surface area contributed by atoms with Crippen molar-refractivity contribution in [3.63, 3.8) is 0 Å². The van der Waals surface area contributed by atoms with Gasteiger partial charge >= 0.3 is 0 Å². The van der Waals surface area contributed by atoms with Gasteiger partial charge in [0.2, 0.25) is 0 Å². The third kappa shape index (κ3) is 2.80. The molecule has 2 aliphatic rings. The lowest BCUT2D eigenvalue weighted by molar-refractivity contribution is 0.0136. The van der Waals surface area contributed by atoms with Gasteiger partial charge in [0.05, 0.1) is 6.10 Å². The predicted octanol–water partition coefficient (Wildman–Crippen LogP) is 2.34. The molecule has 0 saturated carbocycles. The van der Waals surface area contributed by atoms with E-state index in [9.17, 15) is 4.79 Å². The molecule has 2 N–H and O–H groups in total. The highest BCUT2D eigenvalue weighted by Gasteiger charge is 2.23. The minimum atomic E-state index is 0.0599. The quantitative estimate of drug-likeness (QED) is 0.870. The number of fused-ring (bicyclic) bond motifs is 1. The summed E-state index contributed by atoms with van der Waals surface area (Å²) < 4.78 is 5.52. The van der Waals surface area contributed by atoms with E-state index in [2.05, 4.69) is 23.6 Å². The Morgan fingerprint density at radius 2 is 2.35 bits per heavy atom. The summed E-state index contributed by atoms with van der Waals surface area (Å²) in [7, 11) is 0. The molecule has 0 bridgehead atoms. The largest absolute Gasteiger partial charge is 0.385 e. The van der Waals surface area contributed by atoms with Gasteiger partial charge < -0.3 is 15.4 Å². The van der Waals surface area contributed by atoms with Crippen LogP contribution in [0.2, 0.25) is 0 Å². The summed E-state index contributed by atoms with van der Waals surface area (Å²) in [5.74, 6) is 0.0599. The van der Waals surface area contributed by atoms with Crippen LogP contribution < -0.4 is 10.6 Å². The second-order valence-electron chi connectivity index (χ2n) is 5.74. The van der Waals surface area contributed by atoms with E-state index in [4.69, 9.17) is 4.74 Å². The van der Waals surface area contributed by atoms with Crippen LogP contribution in [0.5, 0.6) is 0 Å². The summed E-state index contributed by atoms with van der Waals surface area (Å²) in [4.78, 5) is 12.5. The maximum Gasteiger partial charge on any atom is 0.251 e. The molecule has 4 heteroatoms. The van der Waals surface area contributed by atoms with E-state index in [0.717, 1.165) is 55.6 Å². The van der Waals surface area contributed by atoms with E-state index in [0.29, 0.717) is 0 Å². The molecule has 20 heavy (non-hydrogen) atoms. The average Bonchev–Trinajstić information content (AvgIpc) is 2.46. The number of carbonyl (C=O) groups excluding carboxylic acids is 1. The predicted molar refractivity (Wildman–Crippen MR) is 79.2 cm³/mol. The minimum absolute atomic E-state index is 0.0599. The van der Waals surface area contributed by atoms with Crippen LogP contribution in [0, 0.1) is 0 Å². The Balaban J connectivity index is 1.74. The molecular formula is C16H22N2O2. The summed E-state index contributed by atoms with van der Waals surface area (Å²) in [5, 5.41) is 6.54. The third-order valence-electron chi connectivity index (χ3n) is 4.16. The van der Waals surface area contributed by atoms with Crippen LogP contribution in [-0.4, -0.2) is 31.2 Å². The molecule has 0 aliphatic carbocycles. The standard InChI is InChI=1S/C16H22N2O2/c1-11-10-12(7-9-20-11)18-16(19)14-4-2-6-15-13(14)5-3-8-17-15/h2,4,6,11-12,17H,3,5,7-10H2,1H3,(H,18,19). The van der Waals surface area contributed by atoms with Gasteiger partial charge in [-0.2, -0.15) is 0 Å². The second-order valence-corrected chi connectivity index (χ2v) is 5.74. The molecule has 1 aromatic rings. The molecule has 2 unspecified atom stereocenters. The maximum atomic E-state index is 12.5. The molecular weight excluding hydrogens is 252 g/mol. The van der Waals surface area contributed by atoms with Gasteiger partial charge in [-0.15, -0.1) is 0 Å². The number of nitrogens with one attached hydrogen (secondary N) is 2. The van der Waals surface area contributed by atoms with E-state index in [1.807, 2.05) is 12.1 Å². The highest BCUT2D eigenvalue weighted by molar-refractivity contribution is 5.97. The molecule has 4 nitrogen and oxygen atoms in total. The molecule has 2 atom stereocenters. The van der Waals surface area contributed by atoms with Crippen molar-refractivity contribution in [1.29, 1.82) is 0 Å². The van der Waals surface area contributed by atoms with E-state index in [1.165, 1.54) is 0 Å². The lowest BCUT2D eigenvalue weighted by Crippen LogP contribution is -2.41. The van der Waals surface area contributed by atoms with E-state index >= 15 is 0 Å². The Kier molecular flexibility index (Phi) is 3.92. The van der Waals surface area contributed by atoms with Crippen LogP contribution >= 0.6 is 0 Å². The fraction of sp³-hybridized carbons (Fsp3) is 0.562. The second kappa shape index (κ2) is 5.83. The Labute approximate surface area is 119 Å².